The van der Waals surface area contributed by atoms with Crippen LogP contribution >= 0.6 is 0 Å². The van der Waals surface area contributed by atoms with E-state index in [0.717, 1.165) is 0 Å². The topological polar surface area (TPSA) is 57.0 Å². The van der Waals surface area contributed by atoms with Crippen LogP contribution in [0.5, 0.6) is 0 Å². The number of hydrogen-bond acceptors (Lipinski definition) is 4. The molecule has 11 heavy (non-hydrogen) atoms. The van der Waals surface area contributed by atoms with Crippen molar-refractivity contribution in [2.75, 3.05) is 7.11 Å². The molecule has 1 rings (SSSR count). The zero-order valence-corrected chi connectivity index (χ0v) is 6.23. The molecule has 0 bridgehead atoms. The Morgan fingerprint density at radius 2 is 2.55 bits per heavy atom. The van der Waals surface area contributed by atoms with E-state index in [1.165, 1.54) is 7.11 Å². The molecule has 5 nitrogen and oxygen atoms in total. The van der Waals surface area contributed by atoms with Gasteiger partial charge < -0.3 is 4.74 Å². The Balaban J connectivity index is 2.29. The number of nitrogens with zero attached hydrogens (tertiary/aromatic N) is 3. The molecule has 0 unspecified atom stereocenters. The van der Waals surface area contributed by atoms with Gasteiger partial charge in [0.2, 0.25) is 0 Å². The highest BCUT2D eigenvalue weighted by Gasteiger charge is 1.99. The Morgan fingerprint density at radius 3 is 3.09 bits per heavy atom. The van der Waals surface area contributed by atoms with Gasteiger partial charge in [0.15, 0.2) is 0 Å². The molecule has 0 aliphatic rings. The SMILES string of the molecule is COC(=O)CCn1ccnn1. The fraction of sp³-hybridized carbons (Fsp3) is 0.500. The Bertz CT molecular complexity index is 220. The molecular formula is C6H9N3O2. The van der Waals surface area contributed by atoms with E-state index in [0.29, 0.717) is 13.0 Å². The lowest BCUT2D eigenvalue weighted by Crippen LogP contribution is -2.07. The van der Waals surface area contributed by atoms with Crippen LogP contribution in [0.3, 0.4) is 0 Å². The lowest BCUT2D eigenvalue weighted by molar-refractivity contribution is -0.140. The van der Waals surface area contributed by atoms with E-state index in [2.05, 4.69) is 15.0 Å². The Hall–Kier alpha value is -1.39. The zero-order chi connectivity index (χ0) is 8.10. The van der Waals surface area contributed by atoms with E-state index in [4.69, 9.17) is 0 Å². The van der Waals surface area contributed by atoms with Crippen LogP contribution < -0.4 is 0 Å². The van der Waals surface area contributed by atoms with Crippen molar-refractivity contribution in [1.29, 1.82) is 0 Å². The summed E-state index contributed by atoms with van der Waals surface area (Å²) in [6.45, 7) is 0.521. The largest absolute Gasteiger partial charge is 0.469 e. The second-order valence-electron chi connectivity index (χ2n) is 1.99. The van der Waals surface area contributed by atoms with Crippen molar-refractivity contribution in [2.45, 2.75) is 13.0 Å². The summed E-state index contributed by atoms with van der Waals surface area (Å²) in [5.41, 5.74) is 0. The molecule has 0 N–H and O–H groups in total. The quantitative estimate of drug-likeness (QED) is 0.569. The van der Waals surface area contributed by atoms with Gasteiger partial charge in [0.1, 0.15) is 0 Å². The highest BCUT2D eigenvalue weighted by atomic mass is 16.5. The van der Waals surface area contributed by atoms with E-state index in [-0.39, 0.29) is 5.97 Å². The van der Waals surface area contributed by atoms with Crippen LogP contribution in [0.15, 0.2) is 12.4 Å². The van der Waals surface area contributed by atoms with Crippen LogP contribution in [0.4, 0.5) is 0 Å². The number of ether oxygens (including phenoxy) is 1. The minimum absolute atomic E-state index is 0.236. The van der Waals surface area contributed by atoms with E-state index in [1.54, 1.807) is 17.1 Å². The van der Waals surface area contributed by atoms with Crippen LogP contribution in [0.2, 0.25) is 0 Å². The van der Waals surface area contributed by atoms with Gasteiger partial charge in [-0.25, -0.2) is 0 Å². The smallest absolute Gasteiger partial charge is 0.307 e. The van der Waals surface area contributed by atoms with Gasteiger partial charge in [-0.1, -0.05) is 5.21 Å². The van der Waals surface area contributed by atoms with Crippen molar-refractivity contribution in [2.24, 2.45) is 0 Å². The molecule has 0 radical (unpaired) electrons. The first kappa shape index (κ1) is 7.71. The van der Waals surface area contributed by atoms with Crippen molar-refractivity contribution in [3.63, 3.8) is 0 Å². The fourth-order valence-electron chi connectivity index (χ4n) is 0.660. The Morgan fingerprint density at radius 1 is 1.73 bits per heavy atom. The van der Waals surface area contributed by atoms with E-state index < -0.39 is 0 Å². The first-order valence-electron chi connectivity index (χ1n) is 3.24. The molecule has 5 heteroatoms. The number of methoxy groups -OCH3 is 1. The third-order valence-corrected chi connectivity index (χ3v) is 1.24. The summed E-state index contributed by atoms with van der Waals surface area (Å²) in [6, 6.07) is 0. The minimum Gasteiger partial charge on any atom is -0.469 e. The van der Waals surface area contributed by atoms with Gasteiger partial charge in [-0.05, 0) is 0 Å². The molecule has 0 amide bonds. The molecule has 1 aromatic heterocycles. The summed E-state index contributed by atoms with van der Waals surface area (Å²) < 4.78 is 6.03. The summed E-state index contributed by atoms with van der Waals surface area (Å²) in [6.07, 6.45) is 3.60. The molecule has 60 valence electrons. The third-order valence-electron chi connectivity index (χ3n) is 1.24. The number of esters is 1. The van der Waals surface area contributed by atoms with Crippen molar-refractivity contribution < 1.29 is 9.53 Å². The molecule has 0 aliphatic carbocycles. The normalized spacial score (nSPS) is 9.55. The lowest BCUT2D eigenvalue weighted by atomic mass is 10.4. The molecule has 0 saturated heterocycles. The predicted octanol–water partition coefficient (Wildman–Crippen LogP) is -0.159. The Kier molecular flexibility index (Phi) is 2.59. The van der Waals surface area contributed by atoms with Gasteiger partial charge >= 0.3 is 5.97 Å². The molecule has 0 saturated carbocycles. The molecule has 0 fully saturated rings. The molecule has 1 aromatic rings. The van der Waals surface area contributed by atoms with Crippen molar-refractivity contribution >= 4 is 5.97 Å². The van der Waals surface area contributed by atoms with E-state index in [1.807, 2.05) is 0 Å². The van der Waals surface area contributed by atoms with Crippen molar-refractivity contribution in [3.05, 3.63) is 12.4 Å². The second-order valence-corrected chi connectivity index (χ2v) is 1.99. The summed E-state index contributed by atoms with van der Waals surface area (Å²) in [5, 5.41) is 7.27. The lowest BCUT2D eigenvalue weighted by Gasteiger charge is -1.97. The molecule has 0 aromatic carbocycles. The summed E-state index contributed by atoms with van der Waals surface area (Å²) in [5.74, 6) is -0.236. The maximum absolute atomic E-state index is 10.6. The maximum Gasteiger partial charge on any atom is 0.307 e. The first-order chi connectivity index (χ1) is 5.33. The fourth-order valence-corrected chi connectivity index (χ4v) is 0.660. The van der Waals surface area contributed by atoms with Gasteiger partial charge in [-0.3, -0.25) is 9.48 Å². The van der Waals surface area contributed by atoms with E-state index in [9.17, 15) is 4.79 Å². The number of rotatable bonds is 3. The van der Waals surface area contributed by atoms with Crippen LogP contribution in [0.1, 0.15) is 6.42 Å². The van der Waals surface area contributed by atoms with Crippen molar-refractivity contribution in [1.82, 2.24) is 15.0 Å². The van der Waals surface area contributed by atoms with Gasteiger partial charge in [0, 0.05) is 6.20 Å². The molecular weight excluding hydrogens is 146 g/mol. The summed E-state index contributed by atoms with van der Waals surface area (Å²) in [7, 11) is 1.36. The van der Waals surface area contributed by atoms with Gasteiger partial charge in [0.05, 0.1) is 26.3 Å². The van der Waals surface area contributed by atoms with Crippen LogP contribution in [-0.2, 0) is 16.1 Å². The van der Waals surface area contributed by atoms with Crippen LogP contribution in [-0.4, -0.2) is 28.1 Å². The number of carbonyl (C=O) groups is 1. The molecule has 1 heterocycles. The molecule has 0 spiro atoms. The average molecular weight is 155 g/mol. The number of carbonyl (C=O) groups excluding carboxylic acids is 1. The first-order valence-corrected chi connectivity index (χ1v) is 3.24. The third kappa shape index (κ3) is 2.37. The van der Waals surface area contributed by atoms with Gasteiger partial charge in [0.25, 0.3) is 0 Å². The highest BCUT2D eigenvalue weighted by molar-refractivity contribution is 5.68. The predicted molar refractivity (Wildman–Crippen MR) is 36.7 cm³/mol. The second kappa shape index (κ2) is 3.70. The monoisotopic (exact) mass is 155 g/mol. The Labute approximate surface area is 64.0 Å². The maximum atomic E-state index is 10.6. The minimum atomic E-state index is -0.236. The van der Waals surface area contributed by atoms with Crippen LogP contribution in [0, 0.1) is 0 Å². The zero-order valence-electron chi connectivity index (χ0n) is 6.23. The van der Waals surface area contributed by atoms with Crippen molar-refractivity contribution in [3.8, 4) is 0 Å². The van der Waals surface area contributed by atoms with Crippen LogP contribution in [0.25, 0.3) is 0 Å². The van der Waals surface area contributed by atoms with Gasteiger partial charge in [-0.2, -0.15) is 0 Å². The number of aryl methyl sites for hydroxylation is 1. The summed E-state index contributed by atoms with van der Waals surface area (Å²) >= 11 is 0. The molecule has 0 atom stereocenters. The molecule has 0 aliphatic heterocycles. The van der Waals surface area contributed by atoms with E-state index >= 15 is 0 Å². The summed E-state index contributed by atoms with van der Waals surface area (Å²) in [4.78, 5) is 10.6. The highest BCUT2D eigenvalue weighted by Crippen LogP contribution is 1.88. The standard InChI is InChI=1S/C6H9N3O2/c1-11-6(10)2-4-9-5-3-7-8-9/h3,5H,2,4H2,1H3. The number of aromatic nitrogens is 3. The van der Waals surface area contributed by atoms with Gasteiger partial charge in [-0.15, -0.1) is 5.10 Å². The average Bonchev–Trinajstić information content (AvgIpc) is 2.52. The number of hydrogen-bond donors (Lipinski definition) is 0.